The van der Waals surface area contributed by atoms with Crippen LogP contribution in [0.5, 0.6) is 0 Å². The fraction of sp³-hybridized carbons (Fsp3) is 0.308. The number of nitrogens with one attached hydrogen (secondary N) is 1. The Morgan fingerprint density at radius 3 is 1.93 bits per heavy atom. The standard InChI is InChI=1S/C26H30BN/c1-25(2)14-15-26(3,4)21-17-24(28-23-13-9-8-12-22(23)27)19(16-20(21)25)18-10-6-5-7-11-18/h5-13,16-17,28H,14-15,27H2,1-4H3. The van der Waals surface area contributed by atoms with Crippen molar-refractivity contribution in [2.75, 3.05) is 5.32 Å². The summed E-state index contributed by atoms with van der Waals surface area (Å²) in [7, 11) is 2.16. The third-order valence-corrected chi connectivity index (χ3v) is 6.49. The predicted octanol–water partition coefficient (Wildman–Crippen LogP) is 5.70. The minimum absolute atomic E-state index is 0.197. The van der Waals surface area contributed by atoms with E-state index in [0.717, 1.165) is 0 Å². The van der Waals surface area contributed by atoms with Gasteiger partial charge in [0.1, 0.15) is 7.85 Å². The summed E-state index contributed by atoms with van der Waals surface area (Å²) >= 11 is 0. The summed E-state index contributed by atoms with van der Waals surface area (Å²) in [5, 5.41) is 3.75. The van der Waals surface area contributed by atoms with Crippen LogP contribution in [-0.2, 0) is 10.8 Å². The average molecular weight is 367 g/mol. The van der Waals surface area contributed by atoms with Crippen LogP contribution in [0.25, 0.3) is 11.1 Å². The predicted molar refractivity (Wildman–Crippen MR) is 125 cm³/mol. The van der Waals surface area contributed by atoms with Crippen LogP contribution >= 0.6 is 0 Å². The maximum Gasteiger partial charge on any atom is 0.142 e. The van der Waals surface area contributed by atoms with E-state index in [4.69, 9.17) is 0 Å². The highest BCUT2D eigenvalue weighted by atomic mass is 14.9. The molecule has 0 saturated carbocycles. The van der Waals surface area contributed by atoms with Crippen molar-refractivity contribution in [3.05, 3.63) is 77.9 Å². The molecule has 0 saturated heterocycles. The van der Waals surface area contributed by atoms with Crippen molar-refractivity contribution in [3.8, 4) is 11.1 Å². The lowest BCUT2D eigenvalue weighted by Crippen LogP contribution is -2.34. The van der Waals surface area contributed by atoms with Gasteiger partial charge >= 0.3 is 0 Å². The highest BCUT2D eigenvalue weighted by molar-refractivity contribution is 6.36. The van der Waals surface area contributed by atoms with Crippen LogP contribution in [0.15, 0.2) is 66.7 Å². The molecule has 0 radical (unpaired) electrons. The van der Waals surface area contributed by atoms with Crippen molar-refractivity contribution in [1.29, 1.82) is 0 Å². The first-order chi connectivity index (χ1) is 13.3. The zero-order valence-electron chi connectivity index (χ0n) is 17.8. The first-order valence-electron chi connectivity index (χ1n) is 10.3. The van der Waals surface area contributed by atoms with E-state index in [2.05, 4.69) is 108 Å². The minimum Gasteiger partial charge on any atom is -0.355 e. The van der Waals surface area contributed by atoms with Crippen LogP contribution in [0.4, 0.5) is 11.4 Å². The molecule has 1 N–H and O–H groups in total. The molecule has 0 aromatic heterocycles. The molecule has 0 spiro atoms. The number of hydrogen-bond acceptors (Lipinski definition) is 1. The van der Waals surface area contributed by atoms with E-state index >= 15 is 0 Å². The molecule has 0 bridgehead atoms. The maximum absolute atomic E-state index is 3.75. The highest BCUT2D eigenvalue weighted by Crippen LogP contribution is 2.49. The molecule has 28 heavy (non-hydrogen) atoms. The second-order valence-electron chi connectivity index (χ2n) is 9.52. The lowest BCUT2D eigenvalue weighted by molar-refractivity contribution is 0.332. The normalized spacial score (nSPS) is 17.0. The number of hydrogen-bond donors (Lipinski definition) is 1. The number of fused-ring (bicyclic) bond motifs is 1. The van der Waals surface area contributed by atoms with Crippen molar-refractivity contribution in [2.24, 2.45) is 0 Å². The Morgan fingerprint density at radius 1 is 0.714 bits per heavy atom. The second-order valence-corrected chi connectivity index (χ2v) is 9.52. The molecule has 4 rings (SSSR count). The van der Waals surface area contributed by atoms with Gasteiger partial charge in [0.15, 0.2) is 0 Å². The molecule has 1 aliphatic rings. The van der Waals surface area contributed by atoms with E-state index in [0.29, 0.717) is 0 Å². The summed E-state index contributed by atoms with van der Waals surface area (Å²) in [6, 6.07) is 24.2. The monoisotopic (exact) mass is 367 g/mol. The quantitative estimate of drug-likeness (QED) is 0.585. The Balaban J connectivity index is 1.94. The first-order valence-corrected chi connectivity index (χ1v) is 10.3. The van der Waals surface area contributed by atoms with Gasteiger partial charge in [0, 0.05) is 16.9 Å². The van der Waals surface area contributed by atoms with Gasteiger partial charge in [0.25, 0.3) is 0 Å². The number of para-hydroxylation sites is 1. The fourth-order valence-corrected chi connectivity index (χ4v) is 4.43. The van der Waals surface area contributed by atoms with Crippen LogP contribution < -0.4 is 10.8 Å². The summed E-state index contributed by atoms with van der Waals surface area (Å²) in [5.74, 6) is 0. The van der Waals surface area contributed by atoms with Crippen LogP contribution in [0.2, 0.25) is 0 Å². The van der Waals surface area contributed by atoms with Gasteiger partial charge in [-0.15, -0.1) is 0 Å². The molecule has 0 fully saturated rings. The number of benzene rings is 3. The minimum atomic E-state index is 0.197. The Morgan fingerprint density at radius 2 is 1.29 bits per heavy atom. The lowest BCUT2D eigenvalue weighted by Gasteiger charge is -2.42. The van der Waals surface area contributed by atoms with Gasteiger partial charge in [0.2, 0.25) is 0 Å². The Labute approximate surface area is 170 Å². The van der Waals surface area contributed by atoms with Gasteiger partial charge in [-0.3, -0.25) is 0 Å². The molecule has 142 valence electrons. The Bertz CT molecular complexity index is 1000. The number of anilines is 2. The molecule has 0 heterocycles. The average Bonchev–Trinajstić information content (AvgIpc) is 2.68. The largest absolute Gasteiger partial charge is 0.355 e. The zero-order chi connectivity index (χ0) is 19.9. The molecule has 3 aromatic carbocycles. The smallest absolute Gasteiger partial charge is 0.142 e. The summed E-state index contributed by atoms with van der Waals surface area (Å²) in [6.07, 6.45) is 2.45. The van der Waals surface area contributed by atoms with Gasteiger partial charge < -0.3 is 5.32 Å². The fourth-order valence-electron chi connectivity index (χ4n) is 4.43. The second kappa shape index (κ2) is 6.85. The molecule has 0 amide bonds. The van der Waals surface area contributed by atoms with Crippen LogP contribution in [0.1, 0.15) is 51.7 Å². The van der Waals surface area contributed by atoms with Gasteiger partial charge in [-0.05, 0) is 58.6 Å². The van der Waals surface area contributed by atoms with Crippen molar-refractivity contribution in [3.63, 3.8) is 0 Å². The van der Waals surface area contributed by atoms with Crippen molar-refractivity contribution in [1.82, 2.24) is 0 Å². The molecule has 2 heteroatoms. The van der Waals surface area contributed by atoms with E-state index < -0.39 is 0 Å². The summed E-state index contributed by atoms with van der Waals surface area (Å²) in [4.78, 5) is 0. The Kier molecular flexibility index (Phi) is 4.61. The van der Waals surface area contributed by atoms with Crippen LogP contribution in [-0.4, -0.2) is 7.85 Å². The highest BCUT2D eigenvalue weighted by Gasteiger charge is 2.37. The SMILES string of the molecule is Bc1ccccc1Nc1cc2c(cc1-c1ccccc1)C(C)(C)CCC2(C)C. The van der Waals surface area contributed by atoms with Gasteiger partial charge in [-0.1, -0.05) is 81.7 Å². The molecule has 3 aromatic rings. The van der Waals surface area contributed by atoms with Gasteiger partial charge in [0.05, 0.1) is 0 Å². The zero-order valence-corrected chi connectivity index (χ0v) is 17.8. The van der Waals surface area contributed by atoms with E-state index in [-0.39, 0.29) is 10.8 Å². The third-order valence-electron chi connectivity index (χ3n) is 6.49. The molecule has 0 atom stereocenters. The van der Waals surface area contributed by atoms with Crippen molar-refractivity contribution in [2.45, 2.75) is 51.4 Å². The molecule has 1 aliphatic carbocycles. The first kappa shape index (κ1) is 18.9. The number of rotatable bonds is 3. The Hall–Kier alpha value is -2.48. The van der Waals surface area contributed by atoms with Crippen molar-refractivity contribution < 1.29 is 0 Å². The maximum atomic E-state index is 3.75. The van der Waals surface area contributed by atoms with E-state index in [1.165, 1.54) is 51.9 Å². The van der Waals surface area contributed by atoms with E-state index in [1.54, 1.807) is 0 Å². The van der Waals surface area contributed by atoms with Crippen LogP contribution in [0, 0.1) is 0 Å². The molecular formula is C26H30BN. The molecule has 0 aliphatic heterocycles. The van der Waals surface area contributed by atoms with E-state index in [9.17, 15) is 0 Å². The molecular weight excluding hydrogens is 337 g/mol. The summed E-state index contributed by atoms with van der Waals surface area (Å²) in [6.45, 7) is 9.57. The van der Waals surface area contributed by atoms with Crippen molar-refractivity contribution >= 4 is 24.7 Å². The van der Waals surface area contributed by atoms with Gasteiger partial charge in [-0.25, -0.2) is 0 Å². The van der Waals surface area contributed by atoms with E-state index in [1.807, 2.05) is 0 Å². The molecule has 1 nitrogen and oxygen atoms in total. The molecule has 0 unspecified atom stereocenters. The third kappa shape index (κ3) is 3.37. The topological polar surface area (TPSA) is 12.0 Å². The van der Waals surface area contributed by atoms with Gasteiger partial charge in [-0.2, -0.15) is 0 Å². The summed E-state index contributed by atoms with van der Waals surface area (Å²) < 4.78 is 0. The van der Waals surface area contributed by atoms with Crippen LogP contribution in [0.3, 0.4) is 0 Å². The summed E-state index contributed by atoms with van der Waals surface area (Å²) in [5.41, 5.74) is 9.57. The lowest BCUT2D eigenvalue weighted by atomic mass is 9.62.